The van der Waals surface area contributed by atoms with E-state index in [0.29, 0.717) is 6.61 Å². The van der Waals surface area contributed by atoms with Crippen LogP contribution < -0.4 is 5.48 Å². The molecule has 0 spiro atoms. The van der Waals surface area contributed by atoms with Crippen LogP contribution in [0.3, 0.4) is 0 Å². The Hall–Kier alpha value is -3.05. The van der Waals surface area contributed by atoms with Gasteiger partial charge in [-0.15, -0.1) is 0 Å². The lowest BCUT2D eigenvalue weighted by Crippen LogP contribution is -2.39. The Morgan fingerprint density at radius 3 is 2.33 bits per heavy atom. The molecule has 5 nitrogen and oxygen atoms in total. The molecular weight excluding hydrogens is 338 g/mol. The maximum Gasteiger partial charge on any atom is 0.341 e. The van der Waals surface area contributed by atoms with Crippen LogP contribution in [-0.4, -0.2) is 22.5 Å². The Bertz CT molecular complexity index is 875. The second-order valence-corrected chi connectivity index (χ2v) is 6.54. The molecule has 0 saturated heterocycles. The summed E-state index contributed by atoms with van der Waals surface area (Å²) in [4.78, 5) is 19.4. The van der Waals surface area contributed by atoms with Crippen molar-refractivity contribution in [3.05, 3.63) is 84.1 Å². The molecule has 0 aliphatic rings. The minimum Gasteiger partial charge on any atom is -0.346 e. The van der Waals surface area contributed by atoms with Crippen LogP contribution in [0.5, 0.6) is 0 Å². The van der Waals surface area contributed by atoms with E-state index in [1.54, 1.807) is 11.9 Å². The lowest BCUT2D eigenvalue weighted by atomic mass is 10.2. The van der Waals surface area contributed by atoms with Crippen molar-refractivity contribution in [2.45, 2.75) is 19.6 Å². The molecule has 3 rings (SSSR count). The van der Waals surface area contributed by atoms with E-state index in [0.717, 1.165) is 22.5 Å². The predicted octanol–water partition coefficient (Wildman–Crippen LogP) is 4.53. The summed E-state index contributed by atoms with van der Waals surface area (Å²) in [5.74, 6) is 0. The molecule has 1 N–H and O–H groups in total. The van der Waals surface area contributed by atoms with Crippen LogP contribution in [0.15, 0.2) is 72.8 Å². The first-order valence-corrected chi connectivity index (χ1v) is 8.97. The minimum atomic E-state index is -0.277. The summed E-state index contributed by atoms with van der Waals surface area (Å²) in [6.07, 6.45) is 0. The molecule has 0 aliphatic carbocycles. The van der Waals surface area contributed by atoms with Crippen LogP contribution in [0.1, 0.15) is 24.2 Å². The number of carbonyl (C=O) groups is 1. The number of urea groups is 1. The van der Waals surface area contributed by atoms with Crippen LogP contribution in [0.2, 0.25) is 0 Å². The van der Waals surface area contributed by atoms with Gasteiger partial charge in [-0.25, -0.2) is 10.3 Å². The molecule has 1 atom stereocenters. The Morgan fingerprint density at radius 2 is 1.67 bits per heavy atom. The zero-order chi connectivity index (χ0) is 19.2. The molecule has 1 unspecified atom stereocenters. The number of carbonyl (C=O) groups excluding carboxylic acids is 1. The quantitative estimate of drug-likeness (QED) is 0.654. The SMILES string of the molecule is CC(c1ccc(-c2ccccc2)n1C)N(C)C(=O)NOCc1ccccc1. The van der Waals surface area contributed by atoms with Gasteiger partial charge < -0.3 is 9.47 Å². The molecule has 2 aromatic carbocycles. The summed E-state index contributed by atoms with van der Waals surface area (Å²) in [5, 5.41) is 0. The highest BCUT2D eigenvalue weighted by Crippen LogP contribution is 2.26. The van der Waals surface area contributed by atoms with Crippen molar-refractivity contribution in [2.24, 2.45) is 7.05 Å². The first kappa shape index (κ1) is 18.7. The summed E-state index contributed by atoms with van der Waals surface area (Å²) >= 11 is 0. The smallest absolute Gasteiger partial charge is 0.341 e. The molecule has 1 aromatic heterocycles. The summed E-state index contributed by atoms with van der Waals surface area (Å²) in [5.41, 5.74) is 6.84. The standard InChI is InChI=1S/C22H25N3O2/c1-17(20-14-15-21(25(20)3)19-12-8-5-9-13-19)24(2)22(26)23-27-16-18-10-6-4-7-11-18/h4-15,17H,16H2,1-3H3,(H,23,26). The monoisotopic (exact) mass is 363 g/mol. The van der Waals surface area contributed by atoms with E-state index >= 15 is 0 Å². The Morgan fingerprint density at radius 1 is 1.04 bits per heavy atom. The second-order valence-electron chi connectivity index (χ2n) is 6.54. The molecule has 0 bridgehead atoms. The van der Waals surface area contributed by atoms with Gasteiger partial charge in [0, 0.05) is 25.5 Å². The minimum absolute atomic E-state index is 0.104. The van der Waals surface area contributed by atoms with Gasteiger partial charge in [-0.2, -0.15) is 0 Å². The van der Waals surface area contributed by atoms with Gasteiger partial charge in [-0.1, -0.05) is 60.7 Å². The fourth-order valence-electron chi connectivity index (χ4n) is 3.05. The van der Waals surface area contributed by atoms with Crippen molar-refractivity contribution in [3.8, 4) is 11.3 Å². The summed E-state index contributed by atoms with van der Waals surface area (Å²) in [6, 6.07) is 23.7. The molecular formula is C22H25N3O2. The lowest BCUT2D eigenvalue weighted by Gasteiger charge is -2.26. The zero-order valence-electron chi connectivity index (χ0n) is 15.9. The van der Waals surface area contributed by atoms with Crippen molar-refractivity contribution in [1.29, 1.82) is 0 Å². The Balaban J connectivity index is 1.62. The number of hydrogen-bond acceptors (Lipinski definition) is 2. The van der Waals surface area contributed by atoms with Gasteiger partial charge in [0.25, 0.3) is 0 Å². The van der Waals surface area contributed by atoms with Gasteiger partial charge in [0.1, 0.15) is 0 Å². The van der Waals surface area contributed by atoms with E-state index in [-0.39, 0.29) is 12.1 Å². The number of amides is 2. The average molecular weight is 363 g/mol. The van der Waals surface area contributed by atoms with Crippen LogP contribution in [-0.2, 0) is 18.5 Å². The number of hydrogen-bond donors (Lipinski definition) is 1. The molecule has 1 heterocycles. The summed E-state index contributed by atoms with van der Waals surface area (Å²) in [6.45, 7) is 2.33. The Kier molecular flexibility index (Phi) is 5.94. The van der Waals surface area contributed by atoms with Crippen LogP contribution in [0.4, 0.5) is 4.79 Å². The molecule has 0 radical (unpaired) electrons. The van der Waals surface area contributed by atoms with Crippen LogP contribution in [0, 0.1) is 0 Å². The number of rotatable bonds is 6. The predicted molar refractivity (Wildman–Crippen MR) is 107 cm³/mol. The molecule has 3 aromatic rings. The van der Waals surface area contributed by atoms with Gasteiger partial charge in [-0.3, -0.25) is 4.84 Å². The van der Waals surface area contributed by atoms with Crippen molar-refractivity contribution in [3.63, 3.8) is 0 Å². The van der Waals surface area contributed by atoms with E-state index < -0.39 is 0 Å². The number of nitrogens with zero attached hydrogens (tertiary/aromatic N) is 2. The number of nitrogens with one attached hydrogen (secondary N) is 1. The zero-order valence-corrected chi connectivity index (χ0v) is 15.9. The largest absolute Gasteiger partial charge is 0.346 e. The topological polar surface area (TPSA) is 46.5 Å². The molecule has 140 valence electrons. The number of benzene rings is 2. The molecule has 2 amide bonds. The van der Waals surface area contributed by atoms with Crippen molar-refractivity contribution < 1.29 is 9.63 Å². The third kappa shape index (κ3) is 4.38. The highest BCUT2D eigenvalue weighted by molar-refractivity contribution is 5.73. The molecule has 5 heteroatoms. The fraction of sp³-hybridized carbons (Fsp3) is 0.227. The van der Waals surface area contributed by atoms with E-state index in [9.17, 15) is 4.79 Å². The third-order valence-electron chi connectivity index (χ3n) is 4.80. The second kappa shape index (κ2) is 8.56. The van der Waals surface area contributed by atoms with Crippen molar-refractivity contribution in [2.75, 3.05) is 7.05 Å². The average Bonchev–Trinajstić information content (AvgIpc) is 3.09. The maximum atomic E-state index is 12.4. The molecule has 0 saturated carbocycles. The Labute approximate surface area is 160 Å². The van der Waals surface area contributed by atoms with Crippen molar-refractivity contribution in [1.82, 2.24) is 14.9 Å². The van der Waals surface area contributed by atoms with Crippen LogP contribution >= 0.6 is 0 Å². The first-order valence-electron chi connectivity index (χ1n) is 8.97. The highest BCUT2D eigenvalue weighted by Gasteiger charge is 2.21. The van der Waals surface area contributed by atoms with Gasteiger partial charge in [0.15, 0.2) is 0 Å². The number of aromatic nitrogens is 1. The van der Waals surface area contributed by atoms with Gasteiger partial charge in [0.05, 0.1) is 12.6 Å². The normalized spacial score (nSPS) is 11.8. The van der Waals surface area contributed by atoms with E-state index in [4.69, 9.17) is 4.84 Å². The van der Waals surface area contributed by atoms with Crippen molar-refractivity contribution >= 4 is 6.03 Å². The lowest BCUT2D eigenvalue weighted by molar-refractivity contribution is 0.0353. The number of hydroxylamine groups is 1. The molecule has 0 fully saturated rings. The van der Waals surface area contributed by atoms with E-state index in [2.05, 4.69) is 34.3 Å². The summed E-state index contributed by atoms with van der Waals surface area (Å²) in [7, 11) is 3.78. The first-order chi connectivity index (χ1) is 13.1. The van der Waals surface area contributed by atoms with Gasteiger partial charge in [0.2, 0.25) is 0 Å². The van der Waals surface area contributed by atoms with Gasteiger partial charge >= 0.3 is 6.03 Å². The summed E-state index contributed by atoms with van der Waals surface area (Å²) < 4.78 is 2.12. The highest BCUT2D eigenvalue weighted by atomic mass is 16.7. The van der Waals surface area contributed by atoms with E-state index in [1.807, 2.05) is 62.5 Å². The van der Waals surface area contributed by atoms with Crippen LogP contribution in [0.25, 0.3) is 11.3 Å². The molecule has 27 heavy (non-hydrogen) atoms. The third-order valence-corrected chi connectivity index (χ3v) is 4.80. The molecule has 0 aliphatic heterocycles. The maximum absolute atomic E-state index is 12.4. The van der Waals surface area contributed by atoms with Gasteiger partial charge in [-0.05, 0) is 30.2 Å². The fourth-order valence-corrected chi connectivity index (χ4v) is 3.05. The van der Waals surface area contributed by atoms with E-state index in [1.165, 1.54) is 0 Å².